The van der Waals surface area contributed by atoms with Crippen LogP contribution in [0.4, 0.5) is 0 Å². The average Bonchev–Trinajstić information content (AvgIpc) is 2.71. The minimum atomic E-state index is -0.368. The number of imidazole rings is 1. The van der Waals surface area contributed by atoms with E-state index in [1.54, 1.807) is 19.1 Å². The molecule has 0 spiro atoms. The number of ether oxygens (including phenoxy) is 2. The SMILES string of the molecule is CCOC(=O)c1cccc2[nH]c(OCC)nc12. The molecular weight excluding hydrogens is 220 g/mol. The molecule has 5 heteroatoms. The van der Waals surface area contributed by atoms with Crippen LogP contribution in [0.25, 0.3) is 11.0 Å². The molecule has 1 aromatic heterocycles. The lowest BCUT2D eigenvalue weighted by atomic mass is 10.2. The summed E-state index contributed by atoms with van der Waals surface area (Å²) >= 11 is 0. The summed E-state index contributed by atoms with van der Waals surface area (Å²) in [5, 5.41) is 0. The van der Waals surface area contributed by atoms with Crippen LogP contribution in [0.2, 0.25) is 0 Å². The van der Waals surface area contributed by atoms with Crippen molar-refractivity contribution >= 4 is 17.0 Å². The minimum absolute atomic E-state index is 0.345. The first-order valence-corrected chi connectivity index (χ1v) is 5.55. The van der Waals surface area contributed by atoms with E-state index >= 15 is 0 Å². The van der Waals surface area contributed by atoms with Gasteiger partial charge in [-0.2, -0.15) is 4.98 Å². The number of rotatable bonds is 4. The summed E-state index contributed by atoms with van der Waals surface area (Å²) < 4.78 is 10.2. The van der Waals surface area contributed by atoms with Gasteiger partial charge in [0.05, 0.1) is 24.3 Å². The number of nitrogens with zero attached hydrogens (tertiary/aromatic N) is 1. The maximum atomic E-state index is 11.7. The van der Waals surface area contributed by atoms with Gasteiger partial charge in [-0.1, -0.05) is 6.07 Å². The van der Waals surface area contributed by atoms with Gasteiger partial charge < -0.3 is 14.5 Å². The van der Waals surface area contributed by atoms with E-state index in [0.717, 1.165) is 5.52 Å². The molecule has 1 aromatic carbocycles. The van der Waals surface area contributed by atoms with Gasteiger partial charge in [0.2, 0.25) is 0 Å². The fourth-order valence-electron chi connectivity index (χ4n) is 1.59. The van der Waals surface area contributed by atoms with Crippen molar-refractivity contribution < 1.29 is 14.3 Å². The molecule has 0 saturated heterocycles. The molecule has 0 saturated carbocycles. The monoisotopic (exact) mass is 234 g/mol. The molecule has 0 radical (unpaired) electrons. The first-order chi connectivity index (χ1) is 8.26. The molecule has 2 rings (SSSR count). The Labute approximate surface area is 98.8 Å². The summed E-state index contributed by atoms with van der Waals surface area (Å²) in [5.41, 5.74) is 1.79. The number of carbonyl (C=O) groups excluding carboxylic acids is 1. The summed E-state index contributed by atoms with van der Waals surface area (Å²) in [6.45, 7) is 4.51. The van der Waals surface area contributed by atoms with Crippen LogP contribution in [0.15, 0.2) is 18.2 Å². The zero-order chi connectivity index (χ0) is 12.3. The third-order valence-corrected chi connectivity index (χ3v) is 2.27. The van der Waals surface area contributed by atoms with E-state index in [4.69, 9.17) is 9.47 Å². The number of aromatic amines is 1. The topological polar surface area (TPSA) is 64.2 Å². The maximum Gasteiger partial charge on any atom is 0.340 e. The molecule has 0 atom stereocenters. The van der Waals surface area contributed by atoms with Gasteiger partial charge in [-0.05, 0) is 26.0 Å². The lowest BCUT2D eigenvalue weighted by Crippen LogP contribution is -2.05. The summed E-state index contributed by atoms with van der Waals surface area (Å²) in [5.74, 6) is -0.368. The van der Waals surface area contributed by atoms with Crippen LogP contribution in [0, 0.1) is 0 Å². The van der Waals surface area contributed by atoms with Gasteiger partial charge in [0, 0.05) is 0 Å². The Bertz CT molecular complexity index is 534. The number of carbonyl (C=O) groups is 1. The van der Waals surface area contributed by atoms with E-state index < -0.39 is 0 Å². The van der Waals surface area contributed by atoms with E-state index in [-0.39, 0.29) is 5.97 Å². The molecule has 1 heterocycles. The van der Waals surface area contributed by atoms with E-state index in [1.165, 1.54) is 0 Å². The van der Waals surface area contributed by atoms with Gasteiger partial charge in [-0.3, -0.25) is 0 Å². The van der Waals surface area contributed by atoms with Crippen molar-refractivity contribution in [1.82, 2.24) is 9.97 Å². The molecule has 0 bridgehead atoms. The Morgan fingerprint density at radius 3 is 2.88 bits per heavy atom. The molecule has 0 aliphatic carbocycles. The standard InChI is InChI=1S/C12H14N2O3/c1-3-16-11(15)8-6-5-7-9-10(8)14-12(13-9)17-4-2/h5-7H,3-4H2,1-2H3,(H,13,14). The van der Waals surface area contributed by atoms with Crippen molar-refractivity contribution in [2.75, 3.05) is 13.2 Å². The maximum absolute atomic E-state index is 11.7. The number of esters is 1. The summed E-state index contributed by atoms with van der Waals surface area (Å²) in [7, 11) is 0. The molecule has 0 aliphatic rings. The van der Waals surface area contributed by atoms with E-state index in [9.17, 15) is 4.79 Å². The fourth-order valence-corrected chi connectivity index (χ4v) is 1.59. The molecule has 1 N–H and O–H groups in total. The molecule has 0 unspecified atom stereocenters. The number of hydrogen-bond donors (Lipinski definition) is 1. The number of nitrogens with one attached hydrogen (secondary N) is 1. The Kier molecular flexibility index (Phi) is 3.27. The first kappa shape index (κ1) is 11.4. The minimum Gasteiger partial charge on any atom is -0.465 e. The van der Waals surface area contributed by atoms with Crippen molar-refractivity contribution in [2.24, 2.45) is 0 Å². The summed E-state index contributed by atoms with van der Waals surface area (Å²) in [6.07, 6.45) is 0. The lowest BCUT2D eigenvalue weighted by Gasteiger charge is -2.01. The highest BCUT2D eigenvalue weighted by atomic mass is 16.5. The van der Waals surface area contributed by atoms with Crippen LogP contribution < -0.4 is 4.74 Å². The highest BCUT2D eigenvalue weighted by molar-refractivity contribution is 6.02. The molecule has 90 valence electrons. The van der Waals surface area contributed by atoms with Crippen molar-refractivity contribution in [3.8, 4) is 6.01 Å². The van der Waals surface area contributed by atoms with Crippen LogP contribution >= 0.6 is 0 Å². The molecule has 0 aliphatic heterocycles. The van der Waals surface area contributed by atoms with E-state index in [1.807, 2.05) is 13.0 Å². The quantitative estimate of drug-likeness (QED) is 0.823. The number of fused-ring (bicyclic) bond motifs is 1. The second kappa shape index (κ2) is 4.86. The molecule has 5 nitrogen and oxygen atoms in total. The summed E-state index contributed by atoms with van der Waals surface area (Å²) in [6, 6.07) is 5.73. The number of hydrogen-bond acceptors (Lipinski definition) is 4. The molecule has 2 aromatic rings. The van der Waals surface area contributed by atoms with Crippen molar-refractivity contribution in [1.29, 1.82) is 0 Å². The second-order valence-corrected chi connectivity index (χ2v) is 3.40. The number of H-pyrrole nitrogens is 1. The van der Waals surface area contributed by atoms with Crippen LogP contribution in [0.5, 0.6) is 6.01 Å². The average molecular weight is 234 g/mol. The number of benzene rings is 1. The predicted octanol–water partition coefficient (Wildman–Crippen LogP) is 2.14. The highest BCUT2D eigenvalue weighted by Gasteiger charge is 2.14. The zero-order valence-corrected chi connectivity index (χ0v) is 9.82. The van der Waals surface area contributed by atoms with Gasteiger partial charge in [-0.15, -0.1) is 0 Å². The van der Waals surface area contributed by atoms with E-state index in [0.29, 0.717) is 30.3 Å². The summed E-state index contributed by atoms with van der Waals surface area (Å²) in [4.78, 5) is 18.9. The highest BCUT2D eigenvalue weighted by Crippen LogP contribution is 2.20. The van der Waals surface area contributed by atoms with Crippen LogP contribution in [0.3, 0.4) is 0 Å². The molecule has 0 fully saturated rings. The number of aromatic nitrogens is 2. The zero-order valence-electron chi connectivity index (χ0n) is 9.82. The Balaban J connectivity index is 2.45. The first-order valence-electron chi connectivity index (χ1n) is 5.55. The number of para-hydroxylation sites is 1. The largest absolute Gasteiger partial charge is 0.465 e. The van der Waals surface area contributed by atoms with Crippen LogP contribution in [0.1, 0.15) is 24.2 Å². The van der Waals surface area contributed by atoms with Crippen molar-refractivity contribution in [3.05, 3.63) is 23.8 Å². The Hall–Kier alpha value is -2.04. The van der Waals surface area contributed by atoms with Crippen LogP contribution in [-0.4, -0.2) is 29.2 Å². The van der Waals surface area contributed by atoms with E-state index in [2.05, 4.69) is 9.97 Å². The normalized spacial score (nSPS) is 10.5. The van der Waals surface area contributed by atoms with Gasteiger partial charge in [0.15, 0.2) is 0 Å². The van der Waals surface area contributed by atoms with Crippen molar-refractivity contribution in [3.63, 3.8) is 0 Å². The second-order valence-electron chi connectivity index (χ2n) is 3.40. The molecular formula is C12H14N2O3. The molecule has 0 amide bonds. The Morgan fingerprint density at radius 2 is 2.18 bits per heavy atom. The van der Waals surface area contributed by atoms with Gasteiger partial charge >= 0.3 is 5.97 Å². The predicted molar refractivity (Wildman–Crippen MR) is 63.2 cm³/mol. The van der Waals surface area contributed by atoms with Crippen molar-refractivity contribution in [2.45, 2.75) is 13.8 Å². The third kappa shape index (κ3) is 2.22. The Morgan fingerprint density at radius 1 is 1.35 bits per heavy atom. The van der Waals surface area contributed by atoms with Gasteiger partial charge in [-0.25, -0.2) is 4.79 Å². The van der Waals surface area contributed by atoms with Gasteiger partial charge in [0.25, 0.3) is 6.01 Å². The van der Waals surface area contributed by atoms with Gasteiger partial charge in [0.1, 0.15) is 5.52 Å². The fraction of sp³-hybridized carbons (Fsp3) is 0.333. The van der Waals surface area contributed by atoms with Crippen LogP contribution in [-0.2, 0) is 4.74 Å². The smallest absolute Gasteiger partial charge is 0.340 e. The lowest BCUT2D eigenvalue weighted by molar-refractivity contribution is 0.0528. The molecule has 17 heavy (non-hydrogen) atoms. The third-order valence-electron chi connectivity index (χ3n) is 2.27.